The molecule has 1 aromatic carbocycles. The third-order valence-electron chi connectivity index (χ3n) is 5.53. The van der Waals surface area contributed by atoms with Crippen LogP contribution < -0.4 is 5.32 Å². The van der Waals surface area contributed by atoms with Gasteiger partial charge in [0.1, 0.15) is 0 Å². The van der Waals surface area contributed by atoms with Gasteiger partial charge in [-0.25, -0.2) is 0 Å². The van der Waals surface area contributed by atoms with Crippen molar-refractivity contribution >= 4 is 16.6 Å². The van der Waals surface area contributed by atoms with Gasteiger partial charge < -0.3 is 5.32 Å². The number of rotatable bonds is 2. The predicted molar refractivity (Wildman–Crippen MR) is 88.5 cm³/mol. The molecule has 21 heavy (non-hydrogen) atoms. The number of aromatic nitrogens is 1. The summed E-state index contributed by atoms with van der Waals surface area (Å²) in [5, 5.41) is 5.02. The van der Waals surface area contributed by atoms with Crippen LogP contribution >= 0.6 is 0 Å². The maximum atomic E-state index is 4.57. The Morgan fingerprint density at radius 2 is 1.76 bits per heavy atom. The van der Waals surface area contributed by atoms with Crippen LogP contribution in [0.15, 0.2) is 36.5 Å². The number of hydrogen-bond donors (Lipinski definition) is 1. The molecule has 3 unspecified atom stereocenters. The molecule has 110 valence electrons. The largest absolute Gasteiger partial charge is 0.381 e. The maximum absolute atomic E-state index is 4.57. The molecule has 2 aliphatic carbocycles. The lowest BCUT2D eigenvalue weighted by Gasteiger charge is -2.39. The summed E-state index contributed by atoms with van der Waals surface area (Å²) in [6.45, 7) is 0. The maximum Gasteiger partial charge on any atom is 0.0933 e. The number of para-hydroxylation sites is 1. The summed E-state index contributed by atoms with van der Waals surface area (Å²) in [5.74, 6) is 1.98. The summed E-state index contributed by atoms with van der Waals surface area (Å²) in [4.78, 5) is 4.57. The lowest BCUT2D eigenvalue weighted by atomic mass is 9.69. The van der Waals surface area contributed by atoms with Crippen molar-refractivity contribution in [2.24, 2.45) is 11.8 Å². The number of fused-ring (bicyclic) bond motifs is 2. The minimum atomic E-state index is 0.636. The first kappa shape index (κ1) is 13.1. The van der Waals surface area contributed by atoms with Gasteiger partial charge in [-0.1, -0.05) is 43.9 Å². The number of anilines is 1. The fourth-order valence-corrected chi connectivity index (χ4v) is 4.45. The molecule has 0 bridgehead atoms. The summed E-state index contributed by atoms with van der Waals surface area (Å²) >= 11 is 0. The van der Waals surface area contributed by atoms with E-state index in [2.05, 4.69) is 34.6 Å². The zero-order valence-corrected chi connectivity index (χ0v) is 12.6. The quantitative estimate of drug-likeness (QED) is 0.836. The first-order chi connectivity index (χ1) is 10.4. The van der Waals surface area contributed by atoms with Crippen molar-refractivity contribution in [1.82, 2.24) is 4.98 Å². The number of nitrogens with zero attached hydrogens (tertiary/aromatic N) is 1. The molecule has 2 saturated carbocycles. The Hall–Kier alpha value is -1.57. The Bertz CT molecular complexity index is 616. The summed E-state index contributed by atoms with van der Waals surface area (Å²) in [5.41, 5.74) is 2.33. The van der Waals surface area contributed by atoms with Crippen molar-refractivity contribution in [3.05, 3.63) is 36.5 Å². The fourth-order valence-electron chi connectivity index (χ4n) is 4.45. The Balaban J connectivity index is 1.52. The first-order valence-electron chi connectivity index (χ1n) is 8.50. The van der Waals surface area contributed by atoms with Gasteiger partial charge in [-0.3, -0.25) is 4.98 Å². The second-order valence-electron chi connectivity index (χ2n) is 6.84. The molecule has 1 N–H and O–H groups in total. The highest BCUT2D eigenvalue weighted by Crippen LogP contribution is 2.41. The third kappa shape index (κ3) is 2.64. The molecule has 3 atom stereocenters. The normalized spacial score (nSPS) is 29.0. The van der Waals surface area contributed by atoms with Crippen LogP contribution in [-0.4, -0.2) is 11.0 Å². The van der Waals surface area contributed by atoms with Gasteiger partial charge in [-0.15, -0.1) is 0 Å². The van der Waals surface area contributed by atoms with E-state index in [1.165, 1.54) is 56.0 Å². The van der Waals surface area contributed by atoms with Crippen LogP contribution in [0.5, 0.6) is 0 Å². The van der Waals surface area contributed by atoms with Gasteiger partial charge in [-0.05, 0) is 43.2 Å². The molecule has 2 heteroatoms. The second-order valence-corrected chi connectivity index (χ2v) is 6.84. The van der Waals surface area contributed by atoms with Gasteiger partial charge in [0.25, 0.3) is 0 Å². The topological polar surface area (TPSA) is 24.9 Å². The molecule has 2 aliphatic rings. The fraction of sp³-hybridized carbons (Fsp3) is 0.526. The van der Waals surface area contributed by atoms with Gasteiger partial charge >= 0.3 is 0 Å². The highest BCUT2D eigenvalue weighted by atomic mass is 14.9. The molecular weight excluding hydrogens is 256 g/mol. The SMILES string of the molecule is c1cnc2c(NC3CCC4CCCCC4C3)cccc2c1. The Kier molecular flexibility index (Phi) is 3.54. The average Bonchev–Trinajstić information content (AvgIpc) is 2.55. The molecule has 2 nitrogen and oxygen atoms in total. The molecule has 2 aromatic rings. The lowest BCUT2D eigenvalue weighted by Crippen LogP contribution is -2.34. The van der Waals surface area contributed by atoms with Crippen LogP contribution in [0.1, 0.15) is 44.9 Å². The smallest absolute Gasteiger partial charge is 0.0933 e. The summed E-state index contributed by atoms with van der Waals surface area (Å²) < 4.78 is 0. The van der Waals surface area contributed by atoms with E-state index >= 15 is 0 Å². The van der Waals surface area contributed by atoms with Crippen molar-refractivity contribution < 1.29 is 0 Å². The standard InChI is InChI=1S/C19H24N2/c1-2-6-16-13-17(11-10-14(16)5-1)21-18-9-3-7-15-8-4-12-20-19(15)18/h3-4,7-9,12,14,16-17,21H,1-2,5-6,10-11,13H2. The molecular formula is C19H24N2. The number of benzene rings is 1. The van der Waals surface area contributed by atoms with Gasteiger partial charge in [0.15, 0.2) is 0 Å². The molecule has 0 radical (unpaired) electrons. The molecule has 1 aromatic heterocycles. The predicted octanol–water partition coefficient (Wildman–Crippen LogP) is 5.01. The van der Waals surface area contributed by atoms with E-state index in [0.717, 1.165) is 17.4 Å². The van der Waals surface area contributed by atoms with Crippen molar-refractivity contribution in [2.45, 2.75) is 51.0 Å². The first-order valence-corrected chi connectivity index (χ1v) is 8.50. The summed E-state index contributed by atoms with van der Waals surface area (Å²) in [7, 11) is 0. The highest BCUT2D eigenvalue weighted by Gasteiger charge is 2.32. The molecule has 0 saturated heterocycles. The monoisotopic (exact) mass is 280 g/mol. The molecule has 2 fully saturated rings. The van der Waals surface area contributed by atoms with Gasteiger partial charge in [-0.2, -0.15) is 0 Å². The Morgan fingerprint density at radius 3 is 2.71 bits per heavy atom. The molecule has 1 heterocycles. The molecule has 0 amide bonds. The van der Waals surface area contributed by atoms with Crippen molar-refractivity contribution in [2.75, 3.05) is 5.32 Å². The number of nitrogens with one attached hydrogen (secondary N) is 1. The average molecular weight is 280 g/mol. The van der Waals surface area contributed by atoms with Gasteiger partial charge in [0.05, 0.1) is 11.2 Å². The van der Waals surface area contributed by atoms with E-state index in [1.807, 2.05) is 12.3 Å². The second kappa shape index (κ2) is 5.67. The zero-order valence-electron chi connectivity index (χ0n) is 12.6. The number of pyridine rings is 1. The highest BCUT2D eigenvalue weighted by molar-refractivity contribution is 5.90. The van der Waals surface area contributed by atoms with Crippen molar-refractivity contribution in [3.8, 4) is 0 Å². The molecule has 0 aliphatic heterocycles. The van der Waals surface area contributed by atoms with Crippen LogP contribution in [0, 0.1) is 11.8 Å². The van der Waals surface area contributed by atoms with E-state index in [9.17, 15) is 0 Å². The van der Waals surface area contributed by atoms with Crippen LogP contribution in [0.25, 0.3) is 10.9 Å². The third-order valence-corrected chi connectivity index (χ3v) is 5.53. The Morgan fingerprint density at radius 1 is 0.905 bits per heavy atom. The van der Waals surface area contributed by atoms with E-state index in [-0.39, 0.29) is 0 Å². The van der Waals surface area contributed by atoms with Crippen molar-refractivity contribution in [3.63, 3.8) is 0 Å². The van der Waals surface area contributed by atoms with E-state index in [4.69, 9.17) is 0 Å². The van der Waals surface area contributed by atoms with Gasteiger partial charge in [0.2, 0.25) is 0 Å². The van der Waals surface area contributed by atoms with Gasteiger partial charge in [0, 0.05) is 17.6 Å². The van der Waals surface area contributed by atoms with E-state index in [1.54, 1.807) is 0 Å². The van der Waals surface area contributed by atoms with E-state index < -0.39 is 0 Å². The van der Waals surface area contributed by atoms with Crippen LogP contribution in [0.4, 0.5) is 5.69 Å². The zero-order chi connectivity index (χ0) is 14.1. The van der Waals surface area contributed by atoms with Crippen LogP contribution in [0.3, 0.4) is 0 Å². The molecule has 0 spiro atoms. The number of hydrogen-bond acceptors (Lipinski definition) is 2. The van der Waals surface area contributed by atoms with Crippen molar-refractivity contribution in [1.29, 1.82) is 0 Å². The van der Waals surface area contributed by atoms with Crippen LogP contribution in [-0.2, 0) is 0 Å². The molecule has 4 rings (SSSR count). The van der Waals surface area contributed by atoms with Crippen LogP contribution in [0.2, 0.25) is 0 Å². The minimum Gasteiger partial charge on any atom is -0.381 e. The minimum absolute atomic E-state index is 0.636. The lowest BCUT2D eigenvalue weighted by molar-refractivity contribution is 0.162. The van der Waals surface area contributed by atoms with E-state index in [0.29, 0.717) is 6.04 Å². The summed E-state index contributed by atoms with van der Waals surface area (Å²) in [6, 6.07) is 11.3. The Labute approximate surface area is 127 Å². The summed E-state index contributed by atoms with van der Waals surface area (Å²) in [6.07, 6.45) is 11.8.